The summed E-state index contributed by atoms with van der Waals surface area (Å²) in [7, 11) is 1.24. The normalized spacial score (nSPS) is 9.79. The average Bonchev–Trinajstić information content (AvgIpc) is 2.87. The van der Waals surface area contributed by atoms with Gasteiger partial charge in [-0.15, -0.1) is 22.7 Å². The van der Waals surface area contributed by atoms with Gasteiger partial charge in [-0.1, -0.05) is 0 Å². The molecular formula is C10H5F2I3O2S2. The zero-order valence-electron chi connectivity index (χ0n) is 9.18. The molecule has 0 radical (unpaired) electrons. The number of thiophene rings is 2. The summed E-state index contributed by atoms with van der Waals surface area (Å²) in [6.07, 6.45) is 0. The zero-order chi connectivity index (χ0) is 14.6. The van der Waals surface area contributed by atoms with Crippen LogP contribution in [0.2, 0.25) is 0 Å². The minimum absolute atomic E-state index is 0.0475. The van der Waals surface area contributed by atoms with E-state index in [1.54, 1.807) is 0 Å². The highest BCUT2D eigenvalue weighted by Gasteiger charge is 2.20. The Hall–Kier alpha value is 0.920. The number of hydrogen-bond acceptors (Lipinski definition) is 4. The molecule has 0 aliphatic rings. The summed E-state index contributed by atoms with van der Waals surface area (Å²) in [6.45, 7) is 0. The standard InChI is InChI=1S/C6H3FI2O2S.C4H2FIS/c1-11-6(10)4-2(7)3(8)5(9)12-4;5-3-1-4(6)7-2-3/h1H3;1-2H. The Bertz CT molecular complexity index is 567. The predicted octanol–water partition coefficient (Wildman–Crippen LogP) is 5.37. The summed E-state index contributed by atoms with van der Waals surface area (Å²) < 4.78 is 31.8. The van der Waals surface area contributed by atoms with Crippen molar-refractivity contribution in [2.24, 2.45) is 0 Å². The maximum absolute atomic E-state index is 13.2. The molecule has 0 saturated heterocycles. The zero-order valence-corrected chi connectivity index (χ0v) is 17.3. The van der Waals surface area contributed by atoms with Crippen LogP contribution in [0.25, 0.3) is 0 Å². The van der Waals surface area contributed by atoms with E-state index in [1.807, 2.05) is 45.2 Å². The highest BCUT2D eigenvalue weighted by atomic mass is 127. The third kappa shape index (κ3) is 5.32. The van der Waals surface area contributed by atoms with E-state index >= 15 is 0 Å². The second kappa shape index (κ2) is 8.38. The van der Waals surface area contributed by atoms with E-state index in [0.29, 0.717) is 3.57 Å². The van der Waals surface area contributed by atoms with E-state index in [-0.39, 0.29) is 10.7 Å². The van der Waals surface area contributed by atoms with Gasteiger partial charge in [0.1, 0.15) is 5.82 Å². The minimum Gasteiger partial charge on any atom is -0.465 e. The second-order valence-electron chi connectivity index (χ2n) is 2.89. The summed E-state index contributed by atoms with van der Waals surface area (Å²) in [5, 5.41) is 1.49. The molecule has 0 fully saturated rings. The van der Waals surface area contributed by atoms with Gasteiger partial charge in [-0.05, 0) is 73.8 Å². The highest BCUT2D eigenvalue weighted by Crippen LogP contribution is 2.30. The molecule has 2 heterocycles. The topological polar surface area (TPSA) is 26.3 Å². The molecule has 19 heavy (non-hydrogen) atoms. The van der Waals surface area contributed by atoms with Crippen molar-refractivity contribution in [2.45, 2.75) is 0 Å². The molecule has 9 heteroatoms. The first kappa shape index (κ1) is 18.0. The molecule has 0 aromatic carbocycles. The van der Waals surface area contributed by atoms with Crippen molar-refractivity contribution in [3.63, 3.8) is 0 Å². The molecular weight excluding hydrogens is 635 g/mol. The first-order valence-corrected chi connectivity index (χ1v) is 9.41. The lowest BCUT2D eigenvalue weighted by Crippen LogP contribution is -2.00. The molecule has 0 aliphatic carbocycles. The lowest BCUT2D eigenvalue weighted by Gasteiger charge is -1.92. The first-order chi connectivity index (χ1) is 8.86. The van der Waals surface area contributed by atoms with E-state index in [1.165, 1.54) is 29.9 Å². The van der Waals surface area contributed by atoms with Crippen LogP contribution < -0.4 is 0 Å². The Balaban J connectivity index is 0.000000218. The van der Waals surface area contributed by atoms with Crippen LogP contribution in [-0.2, 0) is 4.74 Å². The van der Waals surface area contributed by atoms with Crippen molar-refractivity contribution in [3.8, 4) is 0 Å². The summed E-state index contributed by atoms with van der Waals surface area (Å²) in [5.74, 6) is -1.22. The Labute approximate surface area is 157 Å². The van der Waals surface area contributed by atoms with Crippen LogP contribution in [0.4, 0.5) is 8.78 Å². The van der Waals surface area contributed by atoms with Gasteiger partial charge in [-0.3, -0.25) is 0 Å². The van der Waals surface area contributed by atoms with Crippen molar-refractivity contribution in [2.75, 3.05) is 7.11 Å². The number of halogens is 5. The Morgan fingerprint density at radius 2 is 1.95 bits per heavy atom. The van der Waals surface area contributed by atoms with Crippen molar-refractivity contribution < 1.29 is 18.3 Å². The fourth-order valence-electron chi connectivity index (χ4n) is 0.878. The number of esters is 1. The van der Waals surface area contributed by atoms with Crippen LogP contribution in [0.1, 0.15) is 9.67 Å². The molecule has 0 amide bonds. The second-order valence-corrected chi connectivity index (χ2v) is 9.61. The van der Waals surface area contributed by atoms with Crippen LogP contribution in [-0.4, -0.2) is 13.1 Å². The number of hydrogen-bond donors (Lipinski definition) is 0. The molecule has 2 rings (SSSR count). The van der Waals surface area contributed by atoms with Crippen LogP contribution in [0.5, 0.6) is 0 Å². The lowest BCUT2D eigenvalue weighted by molar-refractivity contribution is 0.0601. The highest BCUT2D eigenvalue weighted by molar-refractivity contribution is 14.1. The van der Waals surface area contributed by atoms with Gasteiger partial charge in [0.15, 0.2) is 10.7 Å². The van der Waals surface area contributed by atoms with Crippen molar-refractivity contribution in [1.82, 2.24) is 0 Å². The van der Waals surface area contributed by atoms with Crippen LogP contribution in [0.15, 0.2) is 11.4 Å². The van der Waals surface area contributed by atoms with Gasteiger partial charge in [0, 0.05) is 5.38 Å². The van der Waals surface area contributed by atoms with E-state index in [4.69, 9.17) is 0 Å². The first-order valence-electron chi connectivity index (χ1n) is 4.48. The molecule has 2 aromatic heterocycles. The molecule has 0 saturated carbocycles. The maximum Gasteiger partial charge on any atom is 0.351 e. The van der Waals surface area contributed by atoms with Gasteiger partial charge in [0.05, 0.1) is 16.4 Å². The molecule has 2 nitrogen and oxygen atoms in total. The molecule has 0 spiro atoms. The monoisotopic (exact) mass is 640 g/mol. The van der Waals surface area contributed by atoms with Crippen LogP contribution in [0, 0.1) is 21.0 Å². The fourth-order valence-corrected chi connectivity index (χ4v) is 4.43. The van der Waals surface area contributed by atoms with Crippen molar-refractivity contribution in [1.29, 1.82) is 0 Å². The van der Waals surface area contributed by atoms with E-state index in [0.717, 1.165) is 17.1 Å². The third-order valence-electron chi connectivity index (χ3n) is 1.66. The van der Waals surface area contributed by atoms with Crippen LogP contribution in [0.3, 0.4) is 0 Å². The van der Waals surface area contributed by atoms with Crippen molar-refractivity contribution in [3.05, 3.63) is 37.3 Å². The summed E-state index contributed by atoms with van der Waals surface area (Å²) in [5.41, 5.74) is 0. The van der Waals surface area contributed by atoms with Crippen molar-refractivity contribution >= 4 is 96.4 Å². The molecule has 0 N–H and O–H groups in total. The molecule has 0 aliphatic heterocycles. The third-order valence-corrected chi connectivity index (χ3v) is 7.97. The van der Waals surface area contributed by atoms with Gasteiger partial charge in [0.25, 0.3) is 0 Å². The summed E-state index contributed by atoms with van der Waals surface area (Å²) >= 11 is 8.44. The van der Waals surface area contributed by atoms with Gasteiger partial charge in [-0.25, -0.2) is 13.6 Å². The summed E-state index contributed by atoms with van der Waals surface area (Å²) in [6, 6.07) is 1.51. The minimum atomic E-state index is -0.613. The Kier molecular flexibility index (Phi) is 7.93. The SMILES string of the molecule is COC(=O)c1sc(I)c(I)c1F.Fc1csc(I)c1. The predicted molar refractivity (Wildman–Crippen MR) is 98.0 cm³/mol. The Morgan fingerprint density at radius 1 is 1.32 bits per heavy atom. The molecule has 0 unspecified atom stereocenters. The van der Waals surface area contributed by atoms with E-state index in [2.05, 4.69) is 27.3 Å². The maximum atomic E-state index is 13.2. The van der Waals surface area contributed by atoms with Gasteiger partial charge >= 0.3 is 5.97 Å². The number of ether oxygens (including phenoxy) is 1. The number of carbonyl (C=O) groups is 1. The molecule has 0 atom stereocenters. The lowest BCUT2D eigenvalue weighted by atomic mass is 10.4. The van der Waals surface area contributed by atoms with Gasteiger partial charge in [-0.2, -0.15) is 0 Å². The largest absolute Gasteiger partial charge is 0.465 e. The fraction of sp³-hybridized carbons (Fsp3) is 0.100. The van der Waals surface area contributed by atoms with E-state index < -0.39 is 11.8 Å². The molecule has 2 aromatic rings. The molecule has 0 bridgehead atoms. The number of methoxy groups -OCH3 is 1. The van der Waals surface area contributed by atoms with Crippen LogP contribution >= 0.6 is 90.4 Å². The average molecular weight is 640 g/mol. The van der Waals surface area contributed by atoms with E-state index in [9.17, 15) is 13.6 Å². The quantitative estimate of drug-likeness (QED) is 0.310. The number of carbonyl (C=O) groups excluding carboxylic acids is 1. The number of rotatable bonds is 1. The Morgan fingerprint density at radius 3 is 2.21 bits per heavy atom. The summed E-state index contributed by atoms with van der Waals surface area (Å²) in [4.78, 5) is 11.0. The smallest absolute Gasteiger partial charge is 0.351 e. The molecule has 104 valence electrons. The van der Waals surface area contributed by atoms with Gasteiger partial charge in [0.2, 0.25) is 0 Å². The van der Waals surface area contributed by atoms with Gasteiger partial charge < -0.3 is 4.74 Å².